The van der Waals surface area contributed by atoms with Crippen LogP contribution in [0.3, 0.4) is 0 Å². The van der Waals surface area contributed by atoms with E-state index in [1.54, 1.807) is 0 Å². The van der Waals surface area contributed by atoms with Crippen LogP contribution in [0, 0.1) is 35.5 Å². The number of halogens is 6. The van der Waals surface area contributed by atoms with Gasteiger partial charge in [0, 0.05) is 5.69 Å². The fourth-order valence-corrected chi connectivity index (χ4v) is 5.57. The summed E-state index contributed by atoms with van der Waals surface area (Å²) in [5.41, 5.74) is -1.97. The number of benzene rings is 1. The number of allylic oxidation sites excluding steroid dienone is 2. The molecular weight excluding hydrogens is 442 g/mol. The molecule has 5 nitrogen and oxygen atoms in total. The summed E-state index contributed by atoms with van der Waals surface area (Å²) < 4.78 is 79.0. The van der Waals surface area contributed by atoms with Gasteiger partial charge in [-0.1, -0.05) is 18.2 Å². The zero-order valence-electron chi connectivity index (χ0n) is 16.2. The van der Waals surface area contributed by atoms with Crippen molar-refractivity contribution in [2.75, 3.05) is 11.6 Å². The molecule has 6 atom stereocenters. The van der Waals surface area contributed by atoms with Gasteiger partial charge in [0.25, 0.3) is 0 Å². The van der Waals surface area contributed by atoms with Gasteiger partial charge in [-0.25, -0.2) is 0 Å². The van der Waals surface area contributed by atoms with Gasteiger partial charge in [0.2, 0.25) is 11.8 Å². The molecule has 1 aromatic carbocycles. The van der Waals surface area contributed by atoms with Crippen molar-refractivity contribution in [3.63, 3.8) is 0 Å². The summed E-state index contributed by atoms with van der Waals surface area (Å²) in [6.45, 7) is -1.10. The average molecular weight is 458 g/mol. The summed E-state index contributed by atoms with van der Waals surface area (Å²) >= 11 is 0. The second kappa shape index (κ2) is 6.58. The Morgan fingerprint density at radius 3 is 2.03 bits per heavy atom. The summed E-state index contributed by atoms with van der Waals surface area (Å²) in [6, 6.07) is 2.80. The van der Waals surface area contributed by atoms with Crippen molar-refractivity contribution in [2.24, 2.45) is 35.5 Å². The Kier molecular flexibility index (Phi) is 4.32. The standard InChI is InChI=1S/C21H16F6N2O3/c22-20(23,24)9-2-1-3-10(6-9)28(19(32)21(25,26)27)8-29-17(30)15-11-4-5-12(14-7-13(11)14)16(15)18(29)31/h1-6,11-16H,7-8H2/t11-,12-,13-,14-,15-,16+/m0/s1. The maximum absolute atomic E-state index is 13.3. The van der Waals surface area contributed by atoms with E-state index in [-0.39, 0.29) is 28.6 Å². The first-order valence-corrected chi connectivity index (χ1v) is 9.99. The van der Waals surface area contributed by atoms with E-state index < -0.39 is 59.8 Å². The third kappa shape index (κ3) is 3.04. The smallest absolute Gasteiger partial charge is 0.286 e. The predicted octanol–water partition coefficient (Wildman–Crippen LogP) is 3.61. The van der Waals surface area contributed by atoms with Crippen LogP contribution in [0.1, 0.15) is 12.0 Å². The zero-order valence-corrected chi connectivity index (χ0v) is 16.2. The monoisotopic (exact) mass is 458 g/mol. The molecule has 0 radical (unpaired) electrons. The van der Waals surface area contributed by atoms with Crippen molar-refractivity contribution in [1.29, 1.82) is 0 Å². The molecule has 1 heterocycles. The Morgan fingerprint density at radius 1 is 0.969 bits per heavy atom. The summed E-state index contributed by atoms with van der Waals surface area (Å²) in [4.78, 5) is 38.8. The first kappa shape index (κ1) is 21.0. The lowest BCUT2D eigenvalue weighted by Gasteiger charge is -2.37. The van der Waals surface area contributed by atoms with Crippen LogP contribution in [0.15, 0.2) is 36.4 Å². The quantitative estimate of drug-likeness (QED) is 0.395. The fraction of sp³-hybridized carbons (Fsp3) is 0.476. The molecule has 32 heavy (non-hydrogen) atoms. The van der Waals surface area contributed by atoms with Crippen LogP contribution >= 0.6 is 0 Å². The van der Waals surface area contributed by atoms with Crippen molar-refractivity contribution in [3.8, 4) is 0 Å². The molecule has 4 aliphatic carbocycles. The molecule has 3 amide bonds. The number of rotatable bonds is 3. The van der Waals surface area contributed by atoms with Gasteiger partial charge in [0.1, 0.15) is 6.67 Å². The van der Waals surface area contributed by atoms with Crippen LogP contribution < -0.4 is 4.90 Å². The highest BCUT2D eigenvalue weighted by molar-refractivity contribution is 6.07. The Labute approximate surface area is 177 Å². The Bertz CT molecular complexity index is 1010. The normalized spacial score (nSPS) is 32.8. The SMILES string of the molecule is O=C1[C@@H]2[C@H]3C=C[C@@H]([C@@H]4C[C@@H]34)[C@@H]2C(=O)N1CN(C(=O)C(F)(F)F)c1cccc(C(F)(F)F)c1. The molecule has 0 unspecified atom stereocenters. The number of anilines is 1. The van der Waals surface area contributed by atoms with Crippen LogP contribution in [0.4, 0.5) is 32.0 Å². The van der Waals surface area contributed by atoms with Crippen LogP contribution in [0.2, 0.25) is 0 Å². The molecular formula is C21H16F6N2O3. The average Bonchev–Trinajstić information content (AvgIpc) is 3.50. The molecule has 170 valence electrons. The van der Waals surface area contributed by atoms with Gasteiger partial charge in [-0.05, 0) is 48.3 Å². The number of hydrogen-bond acceptors (Lipinski definition) is 3. The topological polar surface area (TPSA) is 57.7 Å². The number of nitrogens with zero attached hydrogens (tertiary/aromatic N) is 2. The summed E-state index contributed by atoms with van der Waals surface area (Å²) in [6.07, 6.45) is -5.64. The molecule has 2 saturated carbocycles. The molecule has 1 aliphatic heterocycles. The largest absolute Gasteiger partial charge is 0.471 e. The fourth-order valence-electron chi connectivity index (χ4n) is 5.57. The van der Waals surface area contributed by atoms with Gasteiger partial charge in [-0.3, -0.25) is 24.2 Å². The van der Waals surface area contributed by atoms with Crippen LogP contribution in [-0.4, -0.2) is 35.5 Å². The minimum absolute atomic E-state index is 0.0123. The number of alkyl halides is 6. The second-order valence-electron chi connectivity index (χ2n) is 8.68. The number of likely N-dealkylation sites (tertiary alicyclic amines) is 1. The highest BCUT2D eigenvalue weighted by Crippen LogP contribution is 2.65. The molecule has 5 aliphatic rings. The highest BCUT2D eigenvalue weighted by atomic mass is 19.4. The van der Waals surface area contributed by atoms with E-state index in [1.165, 1.54) is 0 Å². The van der Waals surface area contributed by atoms with Crippen molar-refractivity contribution in [2.45, 2.75) is 18.8 Å². The Balaban J connectivity index is 1.48. The van der Waals surface area contributed by atoms with Gasteiger partial charge < -0.3 is 0 Å². The summed E-state index contributed by atoms with van der Waals surface area (Å²) in [5, 5.41) is 0. The molecule has 6 rings (SSSR count). The molecule has 2 bridgehead atoms. The lowest BCUT2D eigenvalue weighted by molar-refractivity contribution is -0.171. The third-order valence-electron chi connectivity index (χ3n) is 7.01. The van der Waals surface area contributed by atoms with E-state index in [4.69, 9.17) is 0 Å². The van der Waals surface area contributed by atoms with E-state index in [0.29, 0.717) is 17.0 Å². The number of hydrogen-bond donors (Lipinski definition) is 0. The molecule has 1 saturated heterocycles. The third-order valence-corrected chi connectivity index (χ3v) is 7.01. The van der Waals surface area contributed by atoms with Gasteiger partial charge in [-0.2, -0.15) is 26.3 Å². The maximum atomic E-state index is 13.3. The number of imide groups is 1. The predicted molar refractivity (Wildman–Crippen MR) is 96.4 cm³/mol. The number of amides is 3. The lowest BCUT2D eigenvalue weighted by Crippen LogP contribution is -2.49. The van der Waals surface area contributed by atoms with E-state index in [1.807, 2.05) is 12.2 Å². The molecule has 1 aromatic rings. The molecule has 0 aromatic heterocycles. The highest BCUT2D eigenvalue weighted by Gasteiger charge is 2.67. The lowest BCUT2D eigenvalue weighted by atomic mass is 9.63. The van der Waals surface area contributed by atoms with E-state index in [2.05, 4.69) is 0 Å². The van der Waals surface area contributed by atoms with Gasteiger partial charge >= 0.3 is 18.3 Å². The Morgan fingerprint density at radius 2 is 1.53 bits per heavy atom. The molecule has 0 spiro atoms. The van der Waals surface area contributed by atoms with Crippen LogP contribution in [0.25, 0.3) is 0 Å². The van der Waals surface area contributed by atoms with Crippen molar-refractivity contribution in [3.05, 3.63) is 42.0 Å². The van der Waals surface area contributed by atoms with Crippen molar-refractivity contribution >= 4 is 23.4 Å². The molecule has 3 fully saturated rings. The maximum Gasteiger partial charge on any atom is 0.471 e. The van der Waals surface area contributed by atoms with E-state index in [9.17, 15) is 40.7 Å². The second-order valence-corrected chi connectivity index (χ2v) is 8.68. The van der Waals surface area contributed by atoms with Gasteiger partial charge in [0.05, 0.1) is 17.4 Å². The summed E-state index contributed by atoms with van der Waals surface area (Å²) in [7, 11) is 0. The number of carbonyl (C=O) groups is 3. The Hall–Kier alpha value is -2.85. The first-order valence-electron chi connectivity index (χ1n) is 9.99. The van der Waals surface area contributed by atoms with E-state index in [0.717, 1.165) is 18.6 Å². The van der Waals surface area contributed by atoms with Crippen LogP contribution in [0.5, 0.6) is 0 Å². The van der Waals surface area contributed by atoms with Crippen molar-refractivity contribution in [1.82, 2.24) is 4.90 Å². The minimum Gasteiger partial charge on any atom is -0.286 e. The first-order chi connectivity index (χ1) is 14.9. The minimum atomic E-state index is -5.42. The van der Waals surface area contributed by atoms with Crippen molar-refractivity contribution < 1.29 is 40.7 Å². The van der Waals surface area contributed by atoms with Gasteiger partial charge in [0.15, 0.2) is 0 Å². The summed E-state index contributed by atoms with van der Waals surface area (Å²) in [5.74, 6) is -5.08. The molecule has 11 heteroatoms. The van der Waals surface area contributed by atoms with Crippen LogP contribution in [-0.2, 0) is 20.6 Å². The number of carbonyl (C=O) groups excluding carboxylic acids is 3. The zero-order chi connectivity index (χ0) is 23.2. The van der Waals surface area contributed by atoms with Gasteiger partial charge in [-0.15, -0.1) is 0 Å². The van der Waals surface area contributed by atoms with E-state index >= 15 is 0 Å². The molecule has 0 N–H and O–H groups in total.